The van der Waals surface area contributed by atoms with Crippen molar-refractivity contribution in [2.24, 2.45) is 7.05 Å². The molecule has 7 heteroatoms. The second-order valence-electron chi connectivity index (χ2n) is 6.81. The average molecular weight is 429 g/mol. The molecule has 0 saturated carbocycles. The molecule has 1 aromatic heterocycles. The van der Waals surface area contributed by atoms with Crippen molar-refractivity contribution in [3.8, 4) is 11.4 Å². The van der Waals surface area contributed by atoms with Crippen molar-refractivity contribution in [3.63, 3.8) is 0 Å². The lowest BCUT2D eigenvalue weighted by Gasteiger charge is -2.10. The number of hydrogen-bond acceptors (Lipinski definition) is 5. The van der Waals surface area contributed by atoms with Crippen molar-refractivity contribution in [2.75, 3.05) is 11.1 Å². The Morgan fingerprint density at radius 1 is 0.871 bits per heavy atom. The lowest BCUT2D eigenvalue weighted by atomic mass is 10.0. The molecule has 0 fully saturated rings. The molecule has 6 nitrogen and oxygen atoms in total. The van der Waals surface area contributed by atoms with Gasteiger partial charge in [-0.15, -0.1) is 10.2 Å². The number of amides is 1. The summed E-state index contributed by atoms with van der Waals surface area (Å²) in [5, 5.41) is 11.9. The van der Waals surface area contributed by atoms with Crippen molar-refractivity contribution >= 4 is 29.1 Å². The molecule has 4 rings (SSSR count). The van der Waals surface area contributed by atoms with Crippen LogP contribution in [0.1, 0.15) is 15.9 Å². The number of anilines is 1. The van der Waals surface area contributed by atoms with Crippen molar-refractivity contribution in [2.45, 2.75) is 5.16 Å². The summed E-state index contributed by atoms with van der Waals surface area (Å²) in [6, 6.07) is 25.8. The number of carbonyl (C=O) groups excluding carboxylic acids is 2. The fourth-order valence-corrected chi connectivity index (χ4v) is 3.84. The highest BCUT2D eigenvalue weighted by atomic mass is 32.2. The van der Waals surface area contributed by atoms with E-state index in [0.717, 1.165) is 11.4 Å². The van der Waals surface area contributed by atoms with Crippen LogP contribution >= 0.6 is 11.8 Å². The van der Waals surface area contributed by atoms with Gasteiger partial charge in [0.25, 0.3) is 0 Å². The minimum absolute atomic E-state index is 0.134. The van der Waals surface area contributed by atoms with Gasteiger partial charge in [0.05, 0.1) is 11.4 Å². The predicted molar refractivity (Wildman–Crippen MR) is 122 cm³/mol. The smallest absolute Gasteiger partial charge is 0.234 e. The maximum Gasteiger partial charge on any atom is 0.234 e. The molecule has 3 aromatic carbocycles. The number of nitrogens with zero attached hydrogens (tertiary/aromatic N) is 3. The van der Waals surface area contributed by atoms with Gasteiger partial charge >= 0.3 is 0 Å². The van der Waals surface area contributed by atoms with E-state index in [2.05, 4.69) is 15.5 Å². The first kappa shape index (κ1) is 20.6. The Labute approximate surface area is 184 Å². The summed E-state index contributed by atoms with van der Waals surface area (Å²) < 4.78 is 1.86. The highest BCUT2D eigenvalue weighted by molar-refractivity contribution is 7.99. The normalized spacial score (nSPS) is 10.6. The quantitative estimate of drug-likeness (QED) is 0.348. The molecule has 0 saturated heterocycles. The topological polar surface area (TPSA) is 76.9 Å². The molecule has 0 aliphatic carbocycles. The standard InChI is InChI=1S/C24H20N4O2S/c1-28-23(18-12-6-3-7-13-18)26-27-24(28)31-16-21(29)25-20-15-9-8-14-19(20)22(30)17-10-4-2-5-11-17/h2-15H,16H2,1H3,(H,25,29). The van der Waals surface area contributed by atoms with Gasteiger partial charge in [0.2, 0.25) is 5.91 Å². The molecule has 0 atom stereocenters. The fourth-order valence-electron chi connectivity index (χ4n) is 3.13. The Bertz CT molecular complexity index is 1210. The van der Waals surface area contributed by atoms with Crippen molar-refractivity contribution in [1.29, 1.82) is 0 Å². The number of para-hydroxylation sites is 1. The third kappa shape index (κ3) is 4.73. The highest BCUT2D eigenvalue weighted by Gasteiger charge is 2.16. The number of ketones is 1. The zero-order valence-corrected chi connectivity index (χ0v) is 17.7. The molecule has 0 radical (unpaired) electrons. The van der Waals surface area contributed by atoms with Gasteiger partial charge in [0, 0.05) is 23.7 Å². The summed E-state index contributed by atoms with van der Waals surface area (Å²) in [7, 11) is 1.87. The molecule has 0 aliphatic heterocycles. The molecule has 1 N–H and O–H groups in total. The van der Waals surface area contributed by atoms with Crippen LogP contribution < -0.4 is 5.32 Å². The summed E-state index contributed by atoms with van der Waals surface area (Å²) in [5.74, 6) is 0.532. The summed E-state index contributed by atoms with van der Waals surface area (Å²) in [4.78, 5) is 25.4. The van der Waals surface area contributed by atoms with E-state index in [4.69, 9.17) is 0 Å². The van der Waals surface area contributed by atoms with Crippen LogP contribution in [0.25, 0.3) is 11.4 Å². The Kier molecular flexibility index (Phi) is 6.24. The number of aromatic nitrogens is 3. The number of carbonyl (C=O) groups is 2. The maximum absolute atomic E-state index is 12.8. The monoisotopic (exact) mass is 428 g/mol. The van der Waals surface area contributed by atoms with Gasteiger partial charge in [-0.05, 0) is 12.1 Å². The second-order valence-corrected chi connectivity index (χ2v) is 7.75. The SMILES string of the molecule is Cn1c(SCC(=O)Nc2ccccc2C(=O)c2ccccc2)nnc1-c1ccccc1. The molecule has 0 unspecified atom stereocenters. The van der Waals surface area contributed by atoms with Crippen molar-refractivity contribution in [3.05, 3.63) is 96.1 Å². The number of nitrogens with one attached hydrogen (secondary N) is 1. The Balaban J connectivity index is 1.44. The minimum atomic E-state index is -0.220. The molecule has 0 aliphatic rings. The first-order valence-electron chi connectivity index (χ1n) is 9.69. The van der Waals surface area contributed by atoms with E-state index < -0.39 is 0 Å². The van der Waals surface area contributed by atoms with Gasteiger partial charge in [-0.2, -0.15) is 0 Å². The Morgan fingerprint density at radius 2 is 1.52 bits per heavy atom. The lowest BCUT2D eigenvalue weighted by molar-refractivity contribution is -0.113. The molecule has 31 heavy (non-hydrogen) atoms. The largest absolute Gasteiger partial charge is 0.325 e. The van der Waals surface area contributed by atoms with Gasteiger partial charge in [0.15, 0.2) is 16.8 Å². The van der Waals surface area contributed by atoms with Crippen LogP contribution in [0.4, 0.5) is 5.69 Å². The number of hydrogen-bond donors (Lipinski definition) is 1. The van der Waals surface area contributed by atoms with Crippen LogP contribution in [0.3, 0.4) is 0 Å². The van der Waals surface area contributed by atoms with E-state index >= 15 is 0 Å². The third-order valence-corrected chi connectivity index (χ3v) is 5.70. The Morgan fingerprint density at radius 3 is 2.26 bits per heavy atom. The maximum atomic E-state index is 12.8. The van der Waals surface area contributed by atoms with E-state index in [0.29, 0.717) is 22.0 Å². The summed E-state index contributed by atoms with van der Waals surface area (Å²) >= 11 is 1.29. The van der Waals surface area contributed by atoms with Crippen molar-refractivity contribution < 1.29 is 9.59 Å². The van der Waals surface area contributed by atoms with Gasteiger partial charge in [-0.3, -0.25) is 9.59 Å². The van der Waals surface area contributed by atoms with E-state index in [1.54, 1.807) is 36.4 Å². The molecule has 1 amide bonds. The first-order chi connectivity index (χ1) is 15.1. The van der Waals surface area contributed by atoms with Gasteiger partial charge in [-0.1, -0.05) is 84.6 Å². The molecule has 154 valence electrons. The van der Waals surface area contributed by atoms with Crippen molar-refractivity contribution in [1.82, 2.24) is 14.8 Å². The van der Waals surface area contributed by atoms with Gasteiger partial charge in [0.1, 0.15) is 0 Å². The molecular formula is C24H20N4O2S. The van der Waals surface area contributed by atoms with Crippen LogP contribution in [0.2, 0.25) is 0 Å². The van der Waals surface area contributed by atoms with Crippen LogP contribution in [-0.2, 0) is 11.8 Å². The fraction of sp³-hybridized carbons (Fsp3) is 0.0833. The van der Waals surface area contributed by atoms with Crippen LogP contribution in [0.5, 0.6) is 0 Å². The number of benzene rings is 3. The summed E-state index contributed by atoms with van der Waals surface area (Å²) in [5.41, 5.74) is 2.48. The molecule has 4 aromatic rings. The second kappa shape index (κ2) is 9.40. The summed E-state index contributed by atoms with van der Waals surface area (Å²) in [6.45, 7) is 0. The highest BCUT2D eigenvalue weighted by Crippen LogP contribution is 2.23. The first-order valence-corrected chi connectivity index (χ1v) is 10.7. The predicted octanol–water partition coefficient (Wildman–Crippen LogP) is 4.44. The third-order valence-electron chi connectivity index (χ3n) is 4.68. The number of thioether (sulfide) groups is 1. The average Bonchev–Trinajstić information content (AvgIpc) is 3.19. The number of rotatable bonds is 7. The van der Waals surface area contributed by atoms with E-state index in [-0.39, 0.29) is 17.4 Å². The van der Waals surface area contributed by atoms with Gasteiger partial charge in [-0.25, -0.2) is 0 Å². The minimum Gasteiger partial charge on any atom is -0.325 e. The lowest BCUT2D eigenvalue weighted by Crippen LogP contribution is -2.17. The molecule has 0 spiro atoms. The zero-order chi connectivity index (χ0) is 21.6. The van der Waals surface area contributed by atoms with E-state index in [9.17, 15) is 9.59 Å². The van der Waals surface area contributed by atoms with Crippen LogP contribution in [-0.4, -0.2) is 32.2 Å². The summed E-state index contributed by atoms with van der Waals surface area (Å²) in [6.07, 6.45) is 0. The van der Waals surface area contributed by atoms with Crippen LogP contribution in [0, 0.1) is 0 Å². The molecule has 0 bridgehead atoms. The zero-order valence-electron chi connectivity index (χ0n) is 16.9. The Hall–Kier alpha value is -3.71. The molecular weight excluding hydrogens is 408 g/mol. The van der Waals surface area contributed by atoms with Crippen LogP contribution in [0.15, 0.2) is 90.1 Å². The van der Waals surface area contributed by atoms with Gasteiger partial charge < -0.3 is 9.88 Å². The molecule has 1 heterocycles. The van der Waals surface area contributed by atoms with E-state index in [1.165, 1.54) is 11.8 Å². The van der Waals surface area contributed by atoms with E-state index in [1.807, 2.05) is 60.1 Å².